The Labute approximate surface area is 165 Å². The summed E-state index contributed by atoms with van der Waals surface area (Å²) in [5.41, 5.74) is 9.41. The van der Waals surface area contributed by atoms with Crippen molar-refractivity contribution in [2.45, 2.75) is 52.5 Å². The fraction of sp³-hybridized carbons (Fsp3) is 0.455. The Bertz CT molecular complexity index is 888. The average molecular weight is 385 g/mol. The summed E-state index contributed by atoms with van der Waals surface area (Å²) in [4.78, 5) is 26.0. The van der Waals surface area contributed by atoms with Gasteiger partial charge >= 0.3 is 0 Å². The van der Waals surface area contributed by atoms with Crippen molar-refractivity contribution in [3.05, 3.63) is 47.0 Å². The maximum absolute atomic E-state index is 13.9. The SMILES string of the molecule is CCCc1c(-c2cccc(F)c2)c(C(N)=O)c(C)n1CCCN1CCCC1=O. The van der Waals surface area contributed by atoms with E-state index in [1.165, 1.54) is 12.1 Å². The summed E-state index contributed by atoms with van der Waals surface area (Å²) >= 11 is 0. The highest BCUT2D eigenvalue weighted by molar-refractivity contribution is 6.02. The van der Waals surface area contributed by atoms with E-state index in [1.807, 2.05) is 17.9 Å². The lowest BCUT2D eigenvalue weighted by atomic mass is 9.98. The van der Waals surface area contributed by atoms with Crippen LogP contribution >= 0.6 is 0 Å². The van der Waals surface area contributed by atoms with E-state index in [-0.39, 0.29) is 11.7 Å². The minimum absolute atomic E-state index is 0.219. The zero-order valence-electron chi connectivity index (χ0n) is 16.6. The van der Waals surface area contributed by atoms with Gasteiger partial charge in [-0.05, 0) is 43.9 Å². The second-order valence-electron chi connectivity index (χ2n) is 7.40. The molecular formula is C22H28FN3O2. The number of halogens is 1. The van der Waals surface area contributed by atoms with Gasteiger partial charge in [-0.3, -0.25) is 9.59 Å². The van der Waals surface area contributed by atoms with Gasteiger partial charge in [0.2, 0.25) is 5.91 Å². The standard InChI is InChI=1S/C22H28FN3O2/c1-3-7-18-21(16-8-4-9-17(23)14-16)20(22(24)28)15(2)26(18)13-6-12-25-11-5-10-19(25)27/h4,8-9,14H,3,5-7,10-13H2,1-2H3,(H2,24,28). The Kier molecular flexibility index (Phi) is 6.17. The molecule has 6 heteroatoms. The van der Waals surface area contributed by atoms with E-state index in [0.717, 1.165) is 49.2 Å². The third-order valence-electron chi connectivity index (χ3n) is 5.46. The molecule has 28 heavy (non-hydrogen) atoms. The minimum Gasteiger partial charge on any atom is -0.366 e. The number of rotatable bonds is 8. The number of carbonyl (C=O) groups excluding carboxylic acids is 2. The van der Waals surface area contributed by atoms with Crippen LogP contribution in [0, 0.1) is 12.7 Å². The molecule has 0 radical (unpaired) electrons. The van der Waals surface area contributed by atoms with Gasteiger partial charge in [0.15, 0.2) is 0 Å². The summed E-state index contributed by atoms with van der Waals surface area (Å²) in [6.07, 6.45) is 4.03. The Morgan fingerprint density at radius 3 is 2.68 bits per heavy atom. The van der Waals surface area contributed by atoms with Crippen LogP contribution in [-0.2, 0) is 17.8 Å². The predicted octanol–water partition coefficient (Wildman–Crippen LogP) is 3.67. The number of nitrogens with two attached hydrogens (primary N) is 1. The molecule has 0 atom stereocenters. The second kappa shape index (κ2) is 8.59. The first-order chi connectivity index (χ1) is 13.4. The van der Waals surface area contributed by atoms with E-state index >= 15 is 0 Å². The zero-order valence-corrected chi connectivity index (χ0v) is 16.6. The number of carbonyl (C=O) groups is 2. The molecule has 0 aliphatic carbocycles. The summed E-state index contributed by atoms with van der Waals surface area (Å²) in [5, 5.41) is 0. The molecule has 0 bridgehead atoms. The first-order valence-corrected chi connectivity index (χ1v) is 9.99. The number of aromatic nitrogens is 1. The number of benzene rings is 1. The lowest BCUT2D eigenvalue weighted by Gasteiger charge is -2.17. The fourth-order valence-corrected chi connectivity index (χ4v) is 4.21. The quantitative estimate of drug-likeness (QED) is 0.753. The van der Waals surface area contributed by atoms with Crippen molar-refractivity contribution in [2.24, 2.45) is 5.73 Å². The smallest absolute Gasteiger partial charge is 0.251 e. The molecule has 1 aromatic heterocycles. The van der Waals surface area contributed by atoms with Gasteiger partial charge in [-0.2, -0.15) is 0 Å². The van der Waals surface area contributed by atoms with Gasteiger partial charge in [0.25, 0.3) is 5.91 Å². The number of likely N-dealkylation sites (tertiary alicyclic amines) is 1. The lowest BCUT2D eigenvalue weighted by molar-refractivity contribution is -0.127. The summed E-state index contributed by atoms with van der Waals surface area (Å²) in [6.45, 7) is 6.20. The van der Waals surface area contributed by atoms with Crippen molar-refractivity contribution < 1.29 is 14.0 Å². The van der Waals surface area contributed by atoms with E-state index in [0.29, 0.717) is 30.6 Å². The second-order valence-corrected chi connectivity index (χ2v) is 7.40. The van der Waals surface area contributed by atoms with Gasteiger partial charge in [-0.15, -0.1) is 0 Å². The molecule has 2 N–H and O–H groups in total. The van der Waals surface area contributed by atoms with Crippen LogP contribution in [0.1, 0.15) is 54.4 Å². The van der Waals surface area contributed by atoms with Crippen LogP contribution in [0.2, 0.25) is 0 Å². The Balaban J connectivity index is 1.98. The molecule has 2 aromatic rings. The molecule has 2 amide bonds. The van der Waals surface area contributed by atoms with E-state index in [9.17, 15) is 14.0 Å². The number of hydrogen-bond acceptors (Lipinski definition) is 2. The predicted molar refractivity (Wildman–Crippen MR) is 108 cm³/mol. The zero-order chi connectivity index (χ0) is 20.3. The number of hydrogen-bond donors (Lipinski definition) is 1. The largest absolute Gasteiger partial charge is 0.366 e. The van der Waals surface area contributed by atoms with Gasteiger partial charge in [-0.25, -0.2) is 4.39 Å². The van der Waals surface area contributed by atoms with Crippen molar-refractivity contribution in [1.29, 1.82) is 0 Å². The summed E-state index contributed by atoms with van der Waals surface area (Å²) in [6, 6.07) is 6.31. The highest BCUT2D eigenvalue weighted by Gasteiger charge is 2.25. The van der Waals surface area contributed by atoms with Gasteiger partial charge in [0, 0.05) is 43.0 Å². The molecule has 5 nitrogen and oxygen atoms in total. The van der Waals surface area contributed by atoms with Crippen molar-refractivity contribution >= 4 is 11.8 Å². The van der Waals surface area contributed by atoms with Crippen LogP contribution in [0.5, 0.6) is 0 Å². The number of primary amides is 1. The van der Waals surface area contributed by atoms with E-state index in [1.54, 1.807) is 6.07 Å². The number of nitrogens with zero attached hydrogens (tertiary/aromatic N) is 2. The first kappa shape index (κ1) is 20.1. The molecule has 1 saturated heterocycles. The average Bonchev–Trinajstić information content (AvgIpc) is 3.17. The Hall–Kier alpha value is -2.63. The van der Waals surface area contributed by atoms with Crippen LogP contribution in [0.25, 0.3) is 11.1 Å². The minimum atomic E-state index is -0.498. The molecule has 1 aliphatic heterocycles. The van der Waals surface area contributed by atoms with E-state index < -0.39 is 5.91 Å². The van der Waals surface area contributed by atoms with Crippen LogP contribution in [0.4, 0.5) is 4.39 Å². The first-order valence-electron chi connectivity index (χ1n) is 9.99. The molecule has 1 fully saturated rings. The monoisotopic (exact) mass is 385 g/mol. The molecule has 1 aliphatic rings. The van der Waals surface area contributed by atoms with Crippen LogP contribution in [-0.4, -0.2) is 34.4 Å². The molecule has 3 rings (SSSR count). The van der Waals surface area contributed by atoms with Crippen LogP contribution < -0.4 is 5.73 Å². The Morgan fingerprint density at radius 1 is 1.29 bits per heavy atom. The molecule has 2 heterocycles. The van der Waals surface area contributed by atoms with Gasteiger partial charge in [0.05, 0.1) is 5.56 Å². The molecule has 0 saturated carbocycles. The maximum Gasteiger partial charge on any atom is 0.251 e. The number of amides is 2. The highest BCUT2D eigenvalue weighted by atomic mass is 19.1. The third kappa shape index (κ3) is 3.96. The summed E-state index contributed by atoms with van der Waals surface area (Å²) in [5.74, 6) is -0.618. The lowest BCUT2D eigenvalue weighted by Crippen LogP contribution is -2.26. The van der Waals surface area contributed by atoms with Crippen molar-refractivity contribution in [3.63, 3.8) is 0 Å². The van der Waals surface area contributed by atoms with E-state index in [4.69, 9.17) is 5.73 Å². The topological polar surface area (TPSA) is 68.3 Å². The molecular weight excluding hydrogens is 357 g/mol. The normalized spacial score (nSPS) is 14.1. The fourth-order valence-electron chi connectivity index (χ4n) is 4.21. The summed E-state index contributed by atoms with van der Waals surface area (Å²) < 4.78 is 16.0. The maximum atomic E-state index is 13.9. The van der Waals surface area contributed by atoms with Gasteiger partial charge in [0.1, 0.15) is 5.82 Å². The molecule has 0 spiro atoms. The van der Waals surface area contributed by atoms with Gasteiger partial charge < -0.3 is 15.2 Å². The van der Waals surface area contributed by atoms with Crippen molar-refractivity contribution in [1.82, 2.24) is 9.47 Å². The Morgan fingerprint density at radius 2 is 2.07 bits per heavy atom. The van der Waals surface area contributed by atoms with Crippen molar-refractivity contribution in [2.75, 3.05) is 13.1 Å². The molecule has 150 valence electrons. The highest BCUT2D eigenvalue weighted by Crippen LogP contribution is 2.34. The van der Waals surface area contributed by atoms with E-state index in [2.05, 4.69) is 11.5 Å². The van der Waals surface area contributed by atoms with Crippen LogP contribution in [0.3, 0.4) is 0 Å². The molecule has 1 aromatic carbocycles. The van der Waals surface area contributed by atoms with Crippen LogP contribution in [0.15, 0.2) is 24.3 Å². The van der Waals surface area contributed by atoms with Gasteiger partial charge in [-0.1, -0.05) is 25.5 Å². The van der Waals surface area contributed by atoms with Crippen molar-refractivity contribution in [3.8, 4) is 11.1 Å². The third-order valence-corrected chi connectivity index (χ3v) is 5.46. The molecule has 0 unspecified atom stereocenters. The summed E-state index contributed by atoms with van der Waals surface area (Å²) in [7, 11) is 0.